The van der Waals surface area contributed by atoms with Crippen molar-refractivity contribution in [3.05, 3.63) is 78.1 Å². The van der Waals surface area contributed by atoms with Gasteiger partial charge in [0, 0.05) is 26.2 Å². The molecule has 1 saturated heterocycles. The molecule has 0 N–H and O–H groups in total. The Labute approximate surface area is 152 Å². The summed E-state index contributed by atoms with van der Waals surface area (Å²) in [5, 5.41) is 2.29. The van der Waals surface area contributed by atoms with Crippen LogP contribution in [0, 0.1) is 5.82 Å². The van der Waals surface area contributed by atoms with E-state index in [9.17, 15) is 9.18 Å². The number of anilines is 1. The first-order valence-electron chi connectivity index (χ1n) is 8.96. The fourth-order valence-corrected chi connectivity index (χ4v) is 3.63. The van der Waals surface area contributed by atoms with Crippen LogP contribution in [0.1, 0.15) is 5.56 Å². The zero-order valence-corrected chi connectivity index (χ0v) is 14.6. The zero-order chi connectivity index (χ0) is 17.9. The molecule has 1 aliphatic heterocycles. The summed E-state index contributed by atoms with van der Waals surface area (Å²) in [7, 11) is 0. The number of fused-ring (bicyclic) bond motifs is 1. The van der Waals surface area contributed by atoms with Gasteiger partial charge >= 0.3 is 0 Å². The van der Waals surface area contributed by atoms with E-state index in [0.717, 1.165) is 16.3 Å². The number of nitrogens with zero attached hydrogens (tertiary/aromatic N) is 2. The van der Waals surface area contributed by atoms with Gasteiger partial charge < -0.3 is 9.80 Å². The lowest BCUT2D eigenvalue weighted by molar-refractivity contribution is -0.130. The third-order valence-corrected chi connectivity index (χ3v) is 5.05. The van der Waals surface area contributed by atoms with Crippen LogP contribution in [0.25, 0.3) is 10.8 Å². The second-order valence-corrected chi connectivity index (χ2v) is 6.63. The molecule has 3 aromatic rings. The second kappa shape index (κ2) is 7.16. The highest BCUT2D eigenvalue weighted by molar-refractivity contribution is 5.90. The quantitative estimate of drug-likeness (QED) is 0.717. The number of amides is 1. The number of rotatable bonds is 3. The van der Waals surface area contributed by atoms with E-state index in [2.05, 4.69) is 18.2 Å². The standard InChI is InChI=1S/C22H21FN2O/c23-20-10-3-4-11-21(20)24-12-14-25(15-13-24)22(26)16-18-8-5-7-17-6-1-2-9-19(17)18/h1-11H,12-16H2. The molecule has 3 aromatic carbocycles. The van der Waals surface area contributed by atoms with Crippen molar-refractivity contribution in [2.45, 2.75) is 6.42 Å². The largest absolute Gasteiger partial charge is 0.366 e. The number of hydrogen-bond donors (Lipinski definition) is 0. The molecule has 0 bridgehead atoms. The second-order valence-electron chi connectivity index (χ2n) is 6.63. The molecule has 0 aromatic heterocycles. The summed E-state index contributed by atoms with van der Waals surface area (Å²) in [5.41, 5.74) is 1.68. The Morgan fingerprint density at radius 2 is 1.54 bits per heavy atom. The Morgan fingerprint density at radius 1 is 0.846 bits per heavy atom. The monoisotopic (exact) mass is 348 g/mol. The highest BCUT2D eigenvalue weighted by Gasteiger charge is 2.23. The Hall–Kier alpha value is -2.88. The molecule has 26 heavy (non-hydrogen) atoms. The molecule has 0 spiro atoms. The lowest BCUT2D eigenvalue weighted by atomic mass is 10.0. The molecule has 0 radical (unpaired) electrons. The number of para-hydroxylation sites is 1. The predicted molar refractivity (Wildman–Crippen MR) is 103 cm³/mol. The van der Waals surface area contributed by atoms with E-state index in [1.54, 1.807) is 12.1 Å². The molecule has 0 atom stereocenters. The van der Waals surface area contributed by atoms with E-state index in [4.69, 9.17) is 0 Å². The summed E-state index contributed by atoms with van der Waals surface area (Å²) in [6.45, 7) is 2.56. The van der Waals surface area contributed by atoms with Crippen LogP contribution < -0.4 is 4.90 Å². The fraction of sp³-hybridized carbons (Fsp3) is 0.227. The maximum Gasteiger partial charge on any atom is 0.227 e. The Balaban J connectivity index is 1.43. The number of carbonyl (C=O) groups excluding carboxylic acids is 1. The molecule has 1 aliphatic rings. The Kier molecular flexibility index (Phi) is 4.57. The minimum absolute atomic E-state index is 0.134. The molecule has 1 heterocycles. The van der Waals surface area contributed by atoms with Crippen LogP contribution in [0.2, 0.25) is 0 Å². The number of halogens is 1. The predicted octanol–water partition coefficient (Wildman–Crippen LogP) is 3.87. The van der Waals surface area contributed by atoms with Crippen molar-refractivity contribution >= 4 is 22.4 Å². The van der Waals surface area contributed by atoms with Crippen molar-refractivity contribution < 1.29 is 9.18 Å². The van der Waals surface area contributed by atoms with Gasteiger partial charge in [0.05, 0.1) is 12.1 Å². The first-order valence-corrected chi connectivity index (χ1v) is 8.96. The van der Waals surface area contributed by atoms with Gasteiger partial charge in [-0.1, -0.05) is 54.6 Å². The van der Waals surface area contributed by atoms with Crippen LogP contribution in [0.5, 0.6) is 0 Å². The number of piperazine rings is 1. The summed E-state index contributed by atoms with van der Waals surface area (Å²) < 4.78 is 13.9. The molecular weight excluding hydrogens is 327 g/mol. The van der Waals surface area contributed by atoms with Gasteiger partial charge in [-0.05, 0) is 28.5 Å². The molecule has 1 amide bonds. The molecule has 4 rings (SSSR count). The van der Waals surface area contributed by atoms with Crippen LogP contribution in [-0.2, 0) is 11.2 Å². The van der Waals surface area contributed by atoms with Crippen molar-refractivity contribution in [2.24, 2.45) is 0 Å². The van der Waals surface area contributed by atoms with Crippen LogP contribution in [-0.4, -0.2) is 37.0 Å². The topological polar surface area (TPSA) is 23.6 Å². The zero-order valence-electron chi connectivity index (χ0n) is 14.6. The fourth-order valence-electron chi connectivity index (χ4n) is 3.63. The van der Waals surface area contributed by atoms with Crippen molar-refractivity contribution in [1.29, 1.82) is 0 Å². The van der Waals surface area contributed by atoms with Crippen molar-refractivity contribution in [3.8, 4) is 0 Å². The summed E-state index contributed by atoms with van der Waals surface area (Å²) in [6, 6.07) is 21.0. The van der Waals surface area contributed by atoms with Crippen LogP contribution >= 0.6 is 0 Å². The van der Waals surface area contributed by atoms with Crippen LogP contribution in [0.3, 0.4) is 0 Å². The van der Waals surface area contributed by atoms with Gasteiger partial charge in [0.25, 0.3) is 0 Å². The van der Waals surface area contributed by atoms with Gasteiger partial charge in [0.15, 0.2) is 0 Å². The lowest BCUT2D eigenvalue weighted by Gasteiger charge is -2.36. The van der Waals surface area contributed by atoms with Crippen molar-refractivity contribution in [2.75, 3.05) is 31.1 Å². The molecular formula is C22H21FN2O. The summed E-state index contributed by atoms with van der Waals surface area (Å²) in [6.07, 6.45) is 0.404. The van der Waals surface area contributed by atoms with Gasteiger partial charge in [-0.25, -0.2) is 4.39 Å². The molecule has 1 fully saturated rings. The van der Waals surface area contributed by atoms with E-state index in [-0.39, 0.29) is 11.7 Å². The Bertz CT molecular complexity index is 927. The summed E-state index contributed by atoms with van der Waals surface area (Å²) >= 11 is 0. The summed E-state index contributed by atoms with van der Waals surface area (Å²) in [4.78, 5) is 16.7. The molecule has 0 unspecified atom stereocenters. The van der Waals surface area contributed by atoms with Gasteiger partial charge in [-0.2, -0.15) is 0 Å². The van der Waals surface area contributed by atoms with Crippen molar-refractivity contribution in [1.82, 2.24) is 4.90 Å². The molecule has 4 heteroatoms. The lowest BCUT2D eigenvalue weighted by Crippen LogP contribution is -2.49. The van der Waals surface area contributed by atoms with E-state index < -0.39 is 0 Å². The maximum atomic E-state index is 13.9. The third kappa shape index (κ3) is 3.27. The van der Waals surface area contributed by atoms with Gasteiger partial charge in [0.2, 0.25) is 5.91 Å². The van der Waals surface area contributed by atoms with E-state index in [1.165, 1.54) is 6.07 Å². The highest BCUT2D eigenvalue weighted by atomic mass is 19.1. The van der Waals surface area contributed by atoms with E-state index >= 15 is 0 Å². The molecule has 132 valence electrons. The third-order valence-electron chi connectivity index (χ3n) is 5.05. The number of carbonyl (C=O) groups is 1. The first kappa shape index (κ1) is 16.6. The average Bonchev–Trinajstić information content (AvgIpc) is 2.69. The average molecular weight is 348 g/mol. The highest BCUT2D eigenvalue weighted by Crippen LogP contribution is 2.22. The minimum Gasteiger partial charge on any atom is -0.366 e. The Morgan fingerprint density at radius 3 is 2.35 bits per heavy atom. The first-order chi connectivity index (χ1) is 12.7. The molecule has 0 aliphatic carbocycles. The van der Waals surface area contributed by atoms with Crippen molar-refractivity contribution in [3.63, 3.8) is 0 Å². The minimum atomic E-state index is -0.206. The van der Waals surface area contributed by atoms with Crippen LogP contribution in [0.15, 0.2) is 66.7 Å². The maximum absolute atomic E-state index is 13.9. The number of benzene rings is 3. The van der Waals surface area contributed by atoms with E-state index in [0.29, 0.717) is 38.3 Å². The van der Waals surface area contributed by atoms with Gasteiger partial charge in [-0.3, -0.25) is 4.79 Å². The molecule has 3 nitrogen and oxygen atoms in total. The molecule has 0 saturated carbocycles. The SMILES string of the molecule is O=C(Cc1cccc2ccccc12)N1CCN(c2ccccc2F)CC1. The van der Waals surface area contributed by atoms with Crippen LogP contribution in [0.4, 0.5) is 10.1 Å². The van der Waals surface area contributed by atoms with Gasteiger partial charge in [-0.15, -0.1) is 0 Å². The number of hydrogen-bond acceptors (Lipinski definition) is 2. The van der Waals surface area contributed by atoms with E-state index in [1.807, 2.05) is 40.1 Å². The smallest absolute Gasteiger partial charge is 0.227 e. The normalized spacial score (nSPS) is 14.7. The van der Waals surface area contributed by atoms with Gasteiger partial charge in [0.1, 0.15) is 5.82 Å². The summed E-state index contributed by atoms with van der Waals surface area (Å²) in [5.74, 6) is -0.0717.